The van der Waals surface area contributed by atoms with Gasteiger partial charge < -0.3 is 21.8 Å². The van der Waals surface area contributed by atoms with Crippen LogP contribution >= 0.6 is 23.5 Å². The maximum atomic E-state index is 12.6. The predicted octanol–water partition coefficient (Wildman–Crippen LogP) is 4.53. The Morgan fingerprint density at radius 1 is 1.35 bits per heavy atom. The van der Waals surface area contributed by atoms with Crippen molar-refractivity contribution in [1.82, 2.24) is 9.62 Å². The summed E-state index contributed by atoms with van der Waals surface area (Å²) in [7, 11) is 1.85. The Kier molecular flexibility index (Phi) is 8.37. The number of nitrogens with zero attached hydrogens (tertiary/aromatic N) is 1. The second-order valence-corrected chi connectivity index (χ2v) is 9.43. The Morgan fingerprint density at radius 3 is 2.74 bits per heavy atom. The normalized spacial score (nSPS) is 14.6. The molecule has 31 heavy (non-hydrogen) atoms. The van der Waals surface area contributed by atoms with Crippen molar-refractivity contribution in [3.8, 4) is 0 Å². The van der Waals surface area contributed by atoms with Gasteiger partial charge in [-0.25, -0.2) is 4.31 Å². The Balaban J connectivity index is 1.60. The van der Waals surface area contributed by atoms with Crippen molar-refractivity contribution < 1.29 is 4.79 Å². The molecule has 0 atom stereocenters. The van der Waals surface area contributed by atoms with Crippen LogP contribution in [0.25, 0.3) is 0 Å². The highest BCUT2D eigenvalue weighted by molar-refractivity contribution is 7.97. The lowest BCUT2D eigenvalue weighted by molar-refractivity contribution is -0.116. The molecule has 3 rings (SSSR count). The first-order valence-electron chi connectivity index (χ1n) is 10.5. The molecular formula is C23H30ClN5OS. The fourth-order valence-electron chi connectivity index (χ4n) is 3.78. The first kappa shape index (κ1) is 23.6. The molecule has 5 N–H and O–H groups in total. The van der Waals surface area contributed by atoms with Crippen LogP contribution in [0.15, 0.2) is 35.2 Å². The number of nitrogens with two attached hydrogens (primary N) is 1. The fraction of sp³-hybridized carbons (Fsp3) is 0.391. The van der Waals surface area contributed by atoms with Gasteiger partial charge in [0.25, 0.3) is 0 Å². The minimum Gasteiger partial charge on any atom is -0.397 e. The van der Waals surface area contributed by atoms with E-state index in [0.717, 1.165) is 48.4 Å². The van der Waals surface area contributed by atoms with Gasteiger partial charge >= 0.3 is 0 Å². The van der Waals surface area contributed by atoms with Crippen molar-refractivity contribution in [3.63, 3.8) is 0 Å². The number of nitrogen functional groups attached to an aromatic ring is 1. The van der Waals surface area contributed by atoms with Crippen molar-refractivity contribution in [3.05, 3.63) is 52.0 Å². The number of piperidine rings is 1. The molecule has 0 unspecified atom stereocenters. The van der Waals surface area contributed by atoms with E-state index in [0.29, 0.717) is 27.9 Å². The zero-order chi connectivity index (χ0) is 22.4. The number of rotatable bonds is 8. The fourth-order valence-corrected chi connectivity index (χ4v) is 5.05. The third kappa shape index (κ3) is 6.23. The molecule has 1 aliphatic heterocycles. The van der Waals surface area contributed by atoms with Crippen molar-refractivity contribution in [1.29, 1.82) is 5.41 Å². The first-order valence-corrected chi connectivity index (χ1v) is 11.7. The molecule has 0 bridgehead atoms. The largest absolute Gasteiger partial charge is 0.397 e. The van der Waals surface area contributed by atoms with E-state index in [4.69, 9.17) is 22.7 Å². The van der Waals surface area contributed by atoms with Crippen molar-refractivity contribution in [2.45, 2.75) is 37.0 Å². The molecule has 1 heterocycles. The smallest absolute Gasteiger partial charge is 0.239 e. The monoisotopic (exact) mass is 459 g/mol. The van der Waals surface area contributed by atoms with E-state index in [1.807, 2.05) is 41.7 Å². The van der Waals surface area contributed by atoms with Gasteiger partial charge in [-0.05, 0) is 92.7 Å². The number of carbonyl (C=O) groups excluding carboxylic acids is 1. The van der Waals surface area contributed by atoms with Crippen LogP contribution in [0.2, 0.25) is 5.02 Å². The lowest BCUT2D eigenvalue weighted by Crippen LogP contribution is -2.27. The highest BCUT2D eigenvalue weighted by Crippen LogP contribution is 2.33. The number of amides is 1. The molecule has 2 aromatic carbocycles. The average molecular weight is 460 g/mol. The van der Waals surface area contributed by atoms with Crippen LogP contribution in [0.5, 0.6) is 0 Å². The highest BCUT2D eigenvalue weighted by Gasteiger charge is 2.18. The third-order valence-corrected chi connectivity index (χ3v) is 6.78. The van der Waals surface area contributed by atoms with Gasteiger partial charge in [0, 0.05) is 27.4 Å². The van der Waals surface area contributed by atoms with Gasteiger partial charge in [0.15, 0.2) is 0 Å². The van der Waals surface area contributed by atoms with Crippen molar-refractivity contribution in [2.24, 2.45) is 0 Å². The van der Waals surface area contributed by atoms with Crippen LogP contribution in [-0.2, 0) is 11.2 Å². The summed E-state index contributed by atoms with van der Waals surface area (Å²) in [5, 5.41) is 14.6. The van der Waals surface area contributed by atoms with Crippen molar-refractivity contribution in [2.75, 3.05) is 37.7 Å². The summed E-state index contributed by atoms with van der Waals surface area (Å²) >= 11 is 7.92. The summed E-state index contributed by atoms with van der Waals surface area (Å²) in [6, 6.07) is 9.73. The van der Waals surface area contributed by atoms with Crippen LogP contribution in [0.1, 0.15) is 42.4 Å². The number of likely N-dealkylation sites (N-methyl/N-ethyl adjacent to an activating group) is 1. The topological polar surface area (TPSA) is 94.2 Å². The van der Waals surface area contributed by atoms with Gasteiger partial charge in [-0.3, -0.25) is 4.79 Å². The first-order chi connectivity index (χ1) is 14.9. The van der Waals surface area contributed by atoms with Gasteiger partial charge in [0.05, 0.1) is 12.2 Å². The van der Waals surface area contributed by atoms with Gasteiger partial charge in [0.1, 0.15) is 0 Å². The summed E-state index contributed by atoms with van der Waals surface area (Å²) in [4.78, 5) is 13.4. The molecule has 166 valence electrons. The Labute approximate surface area is 193 Å². The zero-order valence-corrected chi connectivity index (χ0v) is 19.6. The quantitative estimate of drug-likeness (QED) is 0.264. The molecule has 1 aliphatic rings. The Bertz CT molecular complexity index is 946. The molecule has 0 saturated carbocycles. The van der Waals surface area contributed by atoms with E-state index >= 15 is 0 Å². The molecule has 6 nitrogen and oxygen atoms in total. The van der Waals surface area contributed by atoms with E-state index in [1.165, 1.54) is 18.2 Å². The molecule has 0 aromatic heterocycles. The number of halogens is 1. The zero-order valence-electron chi connectivity index (χ0n) is 18.0. The molecule has 8 heteroatoms. The maximum absolute atomic E-state index is 12.6. The predicted molar refractivity (Wildman–Crippen MR) is 132 cm³/mol. The lowest BCUT2D eigenvalue weighted by atomic mass is 9.90. The molecule has 1 fully saturated rings. The SMILES string of the molecule is CCc1cc(C=N)c(N)c(SN(C)CC(=O)Nc2ccc(C3CCNCC3)c(Cl)c2)c1. The van der Waals surface area contributed by atoms with E-state index in [2.05, 4.69) is 17.6 Å². The van der Waals surface area contributed by atoms with Crippen LogP contribution in [0, 0.1) is 5.41 Å². The highest BCUT2D eigenvalue weighted by atomic mass is 35.5. The summed E-state index contributed by atoms with van der Waals surface area (Å²) in [6.45, 7) is 4.27. The number of carbonyl (C=O) groups is 1. The number of hydrogen-bond donors (Lipinski definition) is 4. The molecule has 1 saturated heterocycles. The molecule has 0 spiro atoms. The lowest BCUT2D eigenvalue weighted by Gasteiger charge is -2.24. The second kappa shape index (κ2) is 11.0. The number of hydrogen-bond acceptors (Lipinski definition) is 6. The van der Waals surface area contributed by atoms with Crippen LogP contribution in [-0.4, -0.2) is 43.1 Å². The number of nitrogens with one attached hydrogen (secondary N) is 3. The number of anilines is 2. The van der Waals surface area contributed by atoms with Gasteiger partial charge in [-0.1, -0.05) is 24.6 Å². The van der Waals surface area contributed by atoms with E-state index in [-0.39, 0.29) is 12.5 Å². The van der Waals surface area contributed by atoms with Gasteiger partial charge in [-0.15, -0.1) is 0 Å². The minimum atomic E-state index is -0.127. The van der Waals surface area contributed by atoms with E-state index < -0.39 is 0 Å². The molecule has 0 radical (unpaired) electrons. The molecule has 1 amide bonds. The van der Waals surface area contributed by atoms with Crippen molar-refractivity contribution >= 4 is 47.0 Å². The molecule has 0 aliphatic carbocycles. The minimum absolute atomic E-state index is 0.127. The second-order valence-electron chi connectivity index (χ2n) is 7.78. The van der Waals surface area contributed by atoms with Gasteiger partial charge in [-0.2, -0.15) is 0 Å². The van der Waals surface area contributed by atoms with Gasteiger partial charge in [0.2, 0.25) is 5.91 Å². The van der Waals surface area contributed by atoms with E-state index in [9.17, 15) is 4.79 Å². The number of benzene rings is 2. The molecular weight excluding hydrogens is 430 g/mol. The van der Waals surface area contributed by atoms with Crippen LogP contribution in [0.4, 0.5) is 11.4 Å². The third-order valence-electron chi connectivity index (χ3n) is 5.48. The summed E-state index contributed by atoms with van der Waals surface area (Å²) in [5.41, 5.74) is 10.4. The standard InChI is InChI=1S/C23H30ClN5OS/c1-3-15-10-17(13-25)23(26)21(11-15)31-29(2)14-22(30)28-18-4-5-19(20(24)12-18)16-6-8-27-9-7-16/h4-5,10-13,16,25,27H,3,6-9,14,26H2,1-2H3,(H,28,30). The number of aryl methyl sites for hydroxylation is 1. The molecule has 2 aromatic rings. The van der Waals surface area contributed by atoms with E-state index in [1.54, 1.807) is 0 Å². The van der Waals surface area contributed by atoms with Crippen LogP contribution in [0.3, 0.4) is 0 Å². The summed E-state index contributed by atoms with van der Waals surface area (Å²) in [5.74, 6) is 0.342. The summed E-state index contributed by atoms with van der Waals surface area (Å²) in [6.07, 6.45) is 4.28. The Morgan fingerprint density at radius 2 is 2.10 bits per heavy atom. The summed E-state index contributed by atoms with van der Waals surface area (Å²) < 4.78 is 1.83. The maximum Gasteiger partial charge on any atom is 0.239 e. The Hall–Kier alpha value is -2.06. The van der Waals surface area contributed by atoms with Crippen LogP contribution < -0.4 is 16.4 Å². The average Bonchev–Trinajstić information content (AvgIpc) is 2.75.